The first-order chi connectivity index (χ1) is 9.63. The minimum absolute atomic E-state index is 0. The largest absolute Gasteiger partial charge is 0.478 e. The van der Waals surface area contributed by atoms with Gasteiger partial charge in [-0.15, -0.1) is 24.2 Å². The van der Waals surface area contributed by atoms with Gasteiger partial charge in [-0.1, -0.05) is 6.92 Å². The van der Waals surface area contributed by atoms with E-state index in [0.29, 0.717) is 16.7 Å². The van der Waals surface area contributed by atoms with Crippen molar-refractivity contribution in [1.29, 1.82) is 0 Å². The Labute approximate surface area is 134 Å². The van der Waals surface area contributed by atoms with Gasteiger partial charge in [-0.05, 0) is 36.1 Å². The van der Waals surface area contributed by atoms with Crippen molar-refractivity contribution in [3.05, 3.63) is 48.0 Å². The fourth-order valence-electron chi connectivity index (χ4n) is 2.61. The number of aromatic nitrogens is 2. The van der Waals surface area contributed by atoms with E-state index in [1.54, 1.807) is 12.3 Å². The first kappa shape index (κ1) is 15.9. The number of halogens is 1. The molecule has 0 saturated heterocycles. The number of carbonyl (C=O) groups is 1. The smallest absolute Gasteiger partial charge is 0.335 e. The zero-order valence-electron chi connectivity index (χ0n) is 11.6. The number of rotatable bonds is 3. The van der Waals surface area contributed by atoms with Gasteiger partial charge >= 0.3 is 5.97 Å². The molecule has 0 aliphatic carbocycles. The van der Waals surface area contributed by atoms with E-state index in [-0.39, 0.29) is 12.4 Å². The summed E-state index contributed by atoms with van der Waals surface area (Å²) in [6.45, 7) is 3.16. The van der Waals surface area contributed by atoms with Crippen LogP contribution in [0.5, 0.6) is 0 Å². The number of aromatic carboxylic acids is 1. The predicted molar refractivity (Wildman–Crippen MR) is 85.4 cm³/mol. The number of hydrogen-bond acceptors (Lipinski definition) is 3. The van der Waals surface area contributed by atoms with E-state index < -0.39 is 5.97 Å². The second-order valence-corrected chi connectivity index (χ2v) is 6.59. The van der Waals surface area contributed by atoms with Crippen molar-refractivity contribution in [3.8, 4) is 0 Å². The van der Waals surface area contributed by atoms with Gasteiger partial charge in [0.25, 0.3) is 0 Å². The Kier molecular flexibility index (Phi) is 4.96. The minimum atomic E-state index is -0.859. The van der Waals surface area contributed by atoms with Gasteiger partial charge in [0.05, 0.1) is 11.9 Å². The Morgan fingerprint density at radius 3 is 3.00 bits per heavy atom. The van der Waals surface area contributed by atoms with Crippen molar-refractivity contribution in [2.45, 2.75) is 30.0 Å². The maximum Gasteiger partial charge on any atom is 0.335 e. The van der Waals surface area contributed by atoms with Crippen LogP contribution in [0.3, 0.4) is 0 Å². The molecule has 2 unspecified atom stereocenters. The minimum Gasteiger partial charge on any atom is -0.478 e. The molecule has 2 heterocycles. The molecule has 0 fully saturated rings. The fourth-order valence-corrected chi connectivity index (χ4v) is 3.83. The Hall–Kier alpha value is -1.46. The highest BCUT2D eigenvalue weighted by Crippen LogP contribution is 2.39. The van der Waals surface area contributed by atoms with Gasteiger partial charge in [-0.3, -0.25) is 0 Å². The van der Waals surface area contributed by atoms with Crippen LogP contribution in [0.25, 0.3) is 0 Å². The summed E-state index contributed by atoms with van der Waals surface area (Å²) in [4.78, 5) is 16.4. The van der Waals surface area contributed by atoms with Gasteiger partial charge in [0, 0.05) is 29.1 Å². The normalized spacial score (nSPS) is 20.4. The van der Waals surface area contributed by atoms with Crippen molar-refractivity contribution in [2.75, 3.05) is 0 Å². The lowest BCUT2D eigenvalue weighted by Gasteiger charge is -2.30. The number of thioether (sulfide) groups is 1. The molecular formula is C15H17ClN2O2S. The van der Waals surface area contributed by atoms with Crippen molar-refractivity contribution in [2.24, 2.45) is 5.92 Å². The molecule has 6 heteroatoms. The summed E-state index contributed by atoms with van der Waals surface area (Å²) < 4.78 is 2.09. The van der Waals surface area contributed by atoms with Gasteiger partial charge in [0.1, 0.15) is 0 Å². The standard InChI is InChI=1S/C15H16N2O2S.ClH/c1-10-13(8-17-5-4-16-9-17)7-12-6-11(15(18)19)2-3-14(12)20-10;/h2-6,9-10,13H,7-8H2,1H3,(H,18,19);1H. The van der Waals surface area contributed by atoms with Crippen LogP contribution in [-0.4, -0.2) is 25.9 Å². The number of carboxylic acid groups (broad SMARTS) is 1. The molecule has 0 amide bonds. The summed E-state index contributed by atoms with van der Waals surface area (Å²) >= 11 is 1.84. The van der Waals surface area contributed by atoms with E-state index in [9.17, 15) is 4.79 Å². The van der Waals surface area contributed by atoms with Crippen LogP contribution in [0.15, 0.2) is 41.8 Å². The SMILES string of the molecule is CC1Sc2ccc(C(=O)O)cc2CC1Cn1ccnc1.Cl. The maximum absolute atomic E-state index is 11.1. The summed E-state index contributed by atoms with van der Waals surface area (Å²) in [5, 5.41) is 9.61. The molecule has 0 spiro atoms. The Balaban J connectivity index is 0.00000161. The van der Waals surface area contributed by atoms with Gasteiger partial charge < -0.3 is 9.67 Å². The van der Waals surface area contributed by atoms with E-state index in [1.165, 1.54) is 4.90 Å². The molecule has 1 N–H and O–H groups in total. The summed E-state index contributed by atoms with van der Waals surface area (Å²) in [6, 6.07) is 5.45. The number of fused-ring (bicyclic) bond motifs is 1. The molecule has 0 radical (unpaired) electrons. The topological polar surface area (TPSA) is 55.1 Å². The average molecular weight is 325 g/mol. The van der Waals surface area contributed by atoms with Crippen LogP contribution in [0.1, 0.15) is 22.8 Å². The molecule has 3 rings (SSSR count). The highest BCUT2D eigenvalue weighted by atomic mass is 35.5. The first-order valence-electron chi connectivity index (χ1n) is 6.62. The average Bonchev–Trinajstić information content (AvgIpc) is 2.92. The van der Waals surface area contributed by atoms with E-state index >= 15 is 0 Å². The molecule has 1 aromatic carbocycles. The molecule has 4 nitrogen and oxygen atoms in total. The van der Waals surface area contributed by atoms with Crippen molar-refractivity contribution >= 4 is 30.1 Å². The second-order valence-electron chi connectivity index (χ2n) is 5.17. The fraction of sp³-hybridized carbons (Fsp3) is 0.333. The zero-order valence-corrected chi connectivity index (χ0v) is 13.2. The number of hydrogen-bond donors (Lipinski definition) is 1. The Bertz CT molecular complexity index is 631. The lowest BCUT2D eigenvalue weighted by molar-refractivity contribution is 0.0696. The summed E-state index contributed by atoms with van der Waals surface area (Å²) in [7, 11) is 0. The van der Waals surface area contributed by atoms with Crippen LogP contribution < -0.4 is 0 Å². The number of nitrogens with zero attached hydrogens (tertiary/aromatic N) is 2. The summed E-state index contributed by atoms with van der Waals surface area (Å²) in [6.07, 6.45) is 6.51. The van der Waals surface area contributed by atoms with E-state index in [2.05, 4.69) is 16.5 Å². The highest BCUT2D eigenvalue weighted by Gasteiger charge is 2.26. The third-order valence-electron chi connectivity index (χ3n) is 3.77. The predicted octanol–water partition coefficient (Wildman–Crippen LogP) is 3.36. The van der Waals surface area contributed by atoms with Crippen LogP contribution >= 0.6 is 24.2 Å². The molecule has 2 atom stereocenters. The Morgan fingerprint density at radius 1 is 1.52 bits per heavy atom. The van der Waals surface area contributed by atoms with Crippen LogP contribution in [-0.2, 0) is 13.0 Å². The van der Waals surface area contributed by atoms with E-state index in [4.69, 9.17) is 5.11 Å². The number of benzene rings is 1. The molecule has 0 saturated carbocycles. The molecule has 2 aromatic rings. The molecule has 112 valence electrons. The van der Waals surface area contributed by atoms with E-state index in [1.807, 2.05) is 36.4 Å². The van der Waals surface area contributed by atoms with Crippen molar-refractivity contribution < 1.29 is 9.90 Å². The van der Waals surface area contributed by atoms with Crippen molar-refractivity contribution in [3.63, 3.8) is 0 Å². The third kappa shape index (κ3) is 3.41. The molecule has 1 aliphatic heterocycles. The molecule has 1 aromatic heterocycles. The van der Waals surface area contributed by atoms with E-state index in [0.717, 1.165) is 18.5 Å². The lowest BCUT2D eigenvalue weighted by Crippen LogP contribution is -2.26. The molecule has 0 bridgehead atoms. The quantitative estimate of drug-likeness (QED) is 0.940. The van der Waals surface area contributed by atoms with Gasteiger partial charge in [-0.2, -0.15) is 0 Å². The van der Waals surface area contributed by atoms with Gasteiger partial charge in [0.2, 0.25) is 0 Å². The Morgan fingerprint density at radius 2 is 2.33 bits per heavy atom. The molecule has 1 aliphatic rings. The lowest BCUT2D eigenvalue weighted by atomic mass is 9.94. The van der Waals surface area contributed by atoms with Crippen LogP contribution in [0.4, 0.5) is 0 Å². The summed E-state index contributed by atoms with van der Waals surface area (Å²) in [5.41, 5.74) is 1.53. The highest BCUT2D eigenvalue weighted by molar-refractivity contribution is 8.00. The number of imidazole rings is 1. The molecular weight excluding hydrogens is 308 g/mol. The number of carboxylic acids is 1. The van der Waals surface area contributed by atoms with Crippen LogP contribution in [0, 0.1) is 5.92 Å². The van der Waals surface area contributed by atoms with Crippen LogP contribution in [0.2, 0.25) is 0 Å². The van der Waals surface area contributed by atoms with Gasteiger partial charge in [-0.25, -0.2) is 9.78 Å². The second kappa shape index (κ2) is 6.54. The molecule has 21 heavy (non-hydrogen) atoms. The first-order valence-corrected chi connectivity index (χ1v) is 7.50. The van der Waals surface area contributed by atoms with Gasteiger partial charge in [0.15, 0.2) is 0 Å². The third-order valence-corrected chi connectivity index (χ3v) is 5.18. The zero-order chi connectivity index (χ0) is 14.1. The monoisotopic (exact) mass is 324 g/mol. The summed E-state index contributed by atoms with van der Waals surface area (Å²) in [5.74, 6) is -0.367. The van der Waals surface area contributed by atoms with Crippen molar-refractivity contribution in [1.82, 2.24) is 9.55 Å². The maximum atomic E-state index is 11.1.